The van der Waals surface area contributed by atoms with E-state index in [9.17, 15) is 4.79 Å². The van der Waals surface area contributed by atoms with Crippen LogP contribution in [0.25, 0.3) is 0 Å². The molecule has 0 aromatic heterocycles. The van der Waals surface area contributed by atoms with Crippen LogP contribution in [0.2, 0.25) is 0 Å². The molecule has 19 heavy (non-hydrogen) atoms. The van der Waals surface area contributed by atoms with Gasteiger partial charge in [-0.15, -0.1) is 0 Å². The SMILES string of the molecule is CC1CN(C)C(CC(=O)O)CN(C2CCCCC2)C1. The van der Waals surface area contributed by atoms with Crippen molar-refractivity contribution in [2.24, 2.45) is 5.92 Å². The van der Waals surface area contributed by atoms with E-state index in [1.807, 2.05) is 0 Å². The van der Waals surface area contributed by atoms with Crippen molar-refractivity contribution in [2.75, 3.05) is 26.7 Å². The van der Waals surface area contributed by atoms with Crippen molar-refractivity contribution in [3.63, 3.8) is 0 Å². The highest BCUT2D eigenvalue weighted by molar-refractivity contribution is 5.67. The molecular formula is C15H28N2O2. The van der Waals surface area contributed by atoms with Gasteiger partial charge in [0.05, 0.1) is 6.42 Å². The first-order valence-corrected chi connectivity index (χ1v) is 7.72. The van der Waals surface area contributed by atoms with E-state index in [-0.39, 0.29) is 12.5 Å². The van der Waals surface area contributed by atoms with Crippen molar-refractivity contribution >= 4 is 5.97 Å². The average molecular weight is 268 g/mol. The summed E-state index contributed by atoms with van der Waals surface area (Å²) in [6.45, 7) is 5.36. The molecule has 1 aliphatic heterocycles. The highest BCUT2D eigenvalue weighted by Crippen LogP contribution is 2.26. The topological polar surface area (TPSA) is 43.8 Å². The van der Waals surface area contributed by atoms with Gasteiger partial charge in [-0.05, 0) is 25.8 Å². The summed E-state index contributed by atoms with van der Waals surface area (Å²) >= 11 is 0. The predicted octanol–water partition coefficient (Wildman–Crippen LogP) is 2.05. The van der Waals surface area contributed by atoms with Crippen molar-refractivity contribution in [1.29, 1.82) is 0 Å². The van der Waals surface area contributed by atoms with Crippen LogP contribution in [-0.2, 0) is 4.79 Å². The van der Waals surface area contributed by atoms with Crippen LogP contribution in [0.4, 0.5) is 0 Å². The highest BCUT2D eigenvalue weighted by atomic mass is 16.4. The Morgan fingerprint density at radius 1 is 1.16 bits per heavy atom. The molecule has 2 fully saturated rings. The summed E-state index contributed by atoms with van der Waals surface area (Å²) in [5, 5.41) is 9.09. The Bertz CT molecular complexity index is 303. The second kappa shape index (κ2) is 6.71. The Hall–Kier alpha value is -0.610. The van der Waals surface area contributed by atoms with Crippen LogP contribution < -0.4 is 0 Å². The Morgan fingerprint density at radius 2 is 1.84 bits per heavy atom. The van der Waals surface area contributed by atoms with Crippen molar-refractivity contribution in [3.05, 3.63) is 0 Å². The minimum atomic E-state index is -0.671. The van der Waals surface area contributed by atoms with Gasteiger partial charge in [-0.25, -0.2) is 0 Å². The second-order valence-corrected chi connectivity index (χ2v) is 6.54. The number of carboxylic acids is 1. The summed E-state index contributed by atoms with van der Waals surface area (Å²) in [5.41, 5.74) is 0. The first-order valence-electron chi connectivity index (χ1n) is 7.72. The van der Waals surface area contributed by atoms with Gasteiger partial charge in [0.2, 0.25) is 0 Å². The van der Waals surface area contributed by atoms with E-state index in [0.717, 1.165) is 19.6 Å². The maximum absolute atomic E-state index is 11.0. The first-order chi connectivity index (χ1) is 9.06. The molecule has 2 atom stereocenters. The third kappa shape index (κ3) is 4.18. The smallest absolute Gasteiger partial charge is 0.304 e. The third-order valence-electron chi connectivity index (χ3n) is 4.72. The van der Waals surface area contributed by atoms with E-state index in [4.69, 9.17) is 5.11 Å². The molecule has 110 valence electrons. The molecule has 1 aliphatic carbocycles. The van der Waals surface area contributed by atoms with E-state index in [1.54, 1.807) is 0 Å². The summed E-state index contributed by atoms with van der Waals surface area (Å²) in [6.07, 6.45) is 6.93. The molecule has 1 heterocycles. The molecule has 0 amide bonds. The lowest BCUT2D eigenvalue weighted by Crippen LogP contribution is -2.44. The van der Waals surface area contributed by atoms with E-state index < -0.39 is 5.97 Å². The number of likely N-dealkylation sites (N-methyl/N-ethyl adjacent to an activating group) is 1. The van der Waals surface area contributed by atoms with E-state index >= 15 is 0 Å². The zero-order valence-corrected chi connectivity index (χ0v) is 12.3. The van der Waals surface area contributed by atoms with Gasteiger partial charge < -0.3 is 10.0 Å². The van der Waals surface area contributed by atoms with E-state index in [1.165, 1.54) is 32.1 Å². The van der Waals surface area contributed by atoms with Crippen LogP contribution in [0.3, 0.4) is 0 Å². The summed E-state index contributed by atoms with van der Waals surface area (Å²) in [4.78, 5) is 15.9. The maximum Gasteiger partial charge on any atom is 0.304 e. The molecule has 1 saturated carbocycles. The standard InChI is InChI=1S/C15H28N2O2/c1-12-9-16(2)14(8-15(18)19)11-17(10-12)13-6-4-3-5-7-13/h12-14H,3-11H2,1-2H3,(H,18,19). The van der Waals surface area contributed by atoms with Gasteiger partial charge in [0.25, 0.3) is 0 Å². The molecule has 2 unspecified atom stereocenters. The lowest BCUT2D eigenvalue weighted by molar-refractivity contribution is -0.138. The number of rotatable bonds is 3. The maximum atomic E-state index is 11.0. The quantitative estimate of drug-likeness (QED) is 0.851. The van der Waals surface area contributed by atoms with Crippen LogP contribution in [0.1, 0.15) is 45.4 Å². The lowest BCUT2D eigenvalue weighted by Gasteiger charge is -2.36. The molecule has 4 nitrogen and oxygen atoms in total. The molecule has 2 rings (SSSR count). The number of hydrogen-bond donors (Lipinski definition) is 1. The molecule has 2 aliphatic rings. The summed E-state index contributed by atoms with van der Waals surface area (Å²) in [5.74, 6) is -0.0410. The van der Waals surface area contributed by atoms with Crippen molar-refractivity contribution < 1.29 is 9.90 Å². The van der Waals surface area contributed by atoms with Gasteiger partial charge >= 0.3 is 5.97 Å². The second-order valence-electron chi connectivity index (χ2n) is 6.54. The van der Waals surface area contributed by atoms with Gasteiger partial charge in [-0.2, -0.15) is 0 Å². The Labute approximate surface area is 116 Å². The normalized spacial score (nSPS) is 32.1. The predicted molar refractivity (Wildman–Crippen MR) is 76.3 cm³/mol. The minimum Gasteiger partial charge on any atom is -0.481 e. The highest BCUT2D eigenvalue weighted by Gasteiger charge is 2.31. The van der Waals surface area contributed by atoms with Crippen LogP contribution >= 0.6 is 0 Å². The number of hydrogen-bond acceptors (Lipinski definition) is 3. The van der Waals surface area contributed by atoms with Crippen molar-refractivity contribution in [2.45, 2.75) is 57.5 Å². The van der Waals surface area contributed by atoms with Crippen molar-refractivity contribution in [3.8, 4) is 0 Å². The Balaban J connectivity index is 2.02. The van der Waals surface area contributed by atoms with Crippen LogP contribution in [0.5, 0.6) is 0 Å². The lowest BCUT2D eigenvalue weighted by atomic mass is 9.93. The molecule has 1 N–H and O–H groups in total. The number of nitrogens with zero attached hydrogens (tertiary/aromatic N) is 2. The van der Waals surface area contributed by atoms with Crippen molar-refractivity contribution in [1.82, 2.24) is 9.80 Å². The van der Waals surface area contributed by atoms with E-state index in [0.29, 0.717) is 12.0 Å². The molecule has 4 heteroatoms. The Morgan fingerprint density at radius 3 is 2.47 bits per heavy atom. The number of aliphatic carboxylic acids is 1. The fourth-order valence-corrected chi connectivity index (χ4v) is 3.75. The molecule has 1 saturated heterocycles. The average Bonchev–Trinajstić information content (AvgIpc) is 2.49. The molecule has 0 spiro atoms. The van der Waals surface area contributed by atoms with Gasteiger partial charge in [0, 0.05) is 31.7 Å². The minimum absolute atomic E-state index is 0.171. The zero-order chi connectivity index (χ0) is 13.8. The van der Waals surface area contributed by atoms with Gasteiger partial charge in [-0.3, -0.25) is 9.69 Å². The third-order valence-corrected chi connectivity index (χ3v) is 4.72. The monoisotopic (exact) mass is 268 g/mol. The van der Waals surface area contributed by atoms with Gasteiger partial charge in [-0.1, -0.05) is 26.2 Å². The molecular weight excluding hydrogens is 240 g/mol. The number of carboxylic acid groups (broad SMARTS) is 1. The summed E-state index contributed by atoms with van der Waals surface area (Å²) in [6, 6.07) is 0.864. The zero-order valence-electron chi connectivity index (χ0n) is 12.3. The fourth-order valence-electron chi connectivity index (χ4n) is 3.75. The van der Waals surface area contributed by atoms with E-state index in [2.05, 4.69) is 23.8 Å². The summed E-state index contributed by atoms with van der Waals surface area (Å²) in [7, 11) is 2.08. The Kier molecular flexibility index (Phi) is 5.22. The first kappa shape index (κ1) is 14.8. The van der Waals surface area contributed by atoms with Crippen LogP contribution in [0, 0.1) is 5.92 Å². The molecule has 0 aromatic rings. The largest absolute Gasteiger partial charge is 0.481 e. The van der Waals surface area contributed by atoms with Crippen LogP contribution in [-0.4, -0.2) is 59.6 Å². The van der Waals surface area contributed by atoms with Gasteiger partial charge in [0.15, 0.2) is 0 Å². The van der Waals surface area contributed by atoms with Crippen LogP contribution in [0.15, 0.2) is 0 Å². The number of carbonyl (C=O) groups is 1. The van der Waals surface area contributed by atoms with Gasteiger partial charge in [0.1, 0.15) is 0 Å². The molecule has 0 aromatic carbocycles. The molecule has 0 bridgehead atoms. The fraction of sp³-hybridized carbons (Fsp3) is 0.933. The summed E-state index contributed by atoms with van der Waals surface area (Å²) < 4.78 is 0. The molecule has 0 radical (unpaired) electrons.